The minimum absolute atomic E-state index is 0.00804. The van der Waals surface area contributed by atoms with Crippen molar-refractivity contribution < 1.29 is 24.2 Å². The summed E-state index contributed by atoms with van der Waals surface area (Å²) < 4.78 is 13.5. The van der Waals surface area contributed by atoms with Crippen molar-refractivity contribution in [1.29, 1.82) is 0 Å². The molecule has 8 heteroatoms. The fraction of sp³-hybridized carbons (Fsp3) is 0.600. The normalized spacial score (nSPS) is 29.9. The van der Waals surface area contributed by atoms with E-state index in [-0.39, 0.29) is 48.1 Å². The molecule has 1 aliphatic carbocycles. The molecule has 3 fully saturated rings. The molecule has 0 bridgehead atoms. The van der Waals surface area contributed by atoms with E-state index >= 15 is 0 Å². The van der Waals surface area contributed by atoms with Crippen molar-refractivity contribution in [3.8, 4) is 0 Å². The van der Waals surface area contributed by atoms with E-state index in [1.807, 2.05) is 69.3 Å². The lowest BCUT2D eigenvalue weighted by atomic mass is 9.75. The Morgan fingerprint density at radius 1 is 0.930 bits per heavy atom. The molecule has 8 nitrogen and oxygen atoms in total. The molecule has 234 valence electrons. The van der Waals surface area contributed by atoms with Crippen LogP contribution in [0.5, 0.6) is 0 Å². The molecule has 2 aromatic carbocycles. The van der Waals surface area contributed by atoms with E-state index in [0.717, 1.165) is 41.6 Å². The molecular formula is C35H49N3O5. The molecule has 7 unspecified atom stereocenters. The summed E-state index contributed by atoms with van der Waals surface area (Å²) in [6.45, 7) is 10.4. The van der Waals surface area contributed by atoms with Crippen LogP contribution in [0.25, 0.3) is 0 Å². The number of aliphatic hydroxyl groups is 1. The summed E-state index contributed by atoms with van der Waals surface area (Å²) in [5.41, 5.74) is 3.19. The van der Waals surface area contributed by atoms with Crippen LogP contribution in [0, 0.1) is 11.8 Å². The predicted molar refractivity (Wildman–Crippen MR) is 167 cm³/mol. The summed E-state index contributed by atoms with van der Waals surface area (Å²) in [6, 6.07) is 15.7. The maximum Gasteiger partial charge on any atom is 0.237 e. The number of amides is 2. The maximum absolute atomic E-state index is 13.7. The fourth-order valence-corrected chi connectivity index (χ4v) is 7.19. The smallest absolute Gasteiger partial charge is 0.237 e. The first-order valence-corrected chi connectivity index (χ1v) is 16.0. The predicted octanol–water partition coefficient (Wildman–Crippen LogP) is 5.87. The summed E-state index contributed by atoms with van der Waals surface area (Å²) >= 11 is 0. The van der Waals surface area contributed by atoms with Gasteiger partial charge in [-0.05, 0) is 75.6 Å². The average molecular weight is 592 g/mol. The van der Waals surface area contributed by atoms with Gasteiger partial charge in [-0.1, -0.05) is 56.2 Å². The van der Waals surface area contributed by atoms with E-state index in [1.165, 1.54) is 26.2 Å². The van der Waals surface area contributed by atoms with E-state index in [0.29, 0.717) is 18.5 Å². The molecule has 2 saturated heterocycles. The number of carbonyl (C=O) groups is 2. The summed E-state index contributed by atoms with van der Waals surface area (Å²) in [6.07, 6.45) is 5.73. The summed E-state index contributed by atoms with van der Waals surface area (Å²) in [5, 5.41) is 15.7. The van der Waals surface area contributed by atoms with Gasteiger partial charge in [0.15, 0.2) is 6.29 Å². The Bertz CT molecular complexity index is 1240. The number of aliphatic hydroxyl groups excluding tert-OH is 1. The summed E-state index contributed by atoms with van der Waals surface area (Å²) in [4.78, 5) is 27.7. The first kappa shape index (κ1) is 31.6. The van der Waals surface area contributed by atoms with E-state index in [4.69, 9.17) is 9.47 Å². The largest absolute Gasteiger partial charge is 0.392 e. The number of anilines is 1. The third kappa shape index (κ3) is 7.66. The second kappa shape index (κ2) is 13.5. The molecule has 5 rings (SSSR count). The topological polar surface area (TPSA) is 100 Å². The fourth-order valence-electron chi connectivity index (χ4n) is 7.19. The van der Waals surface area contributed by atoms with Gasteiger partial charge >= 0.3 is 0 Å². The molecule has 2 aliphatic heterocycles. The Morgan fingerprint density at radius 3 is 2.26 bits per heavy atom. The number of fused-ring (bicyclic) bond motifs is 1. The van der Waals surface area contributed by atoms with Crippen molar-refractivity contribution in [3.05, 3.63) is 65.2 Å². The molecule has 43 heavy (non-hydrogen) atoms. The number of piperidine rings is 1. The Kier molecular flexibility index (Phi) is 9.91. The minimum Gasteiger partial charge on any atom is -0.392 e. The molecule has 0 radical (unpaired) electrons. The highest BCUT2D eigenvalue weighted by atomic mass is 16.7. The molecule has 0 aromatic heterocycles. The third-order valence-electron chi connectivity index (χ3n) is 9.32. The van der Waals surface area contributed by atoms with E-state index in [1.54, 1.807) is 0 Å². The van der Waals surface area contributed by atoms with Crippen molar-refractivity contribution in [2.45, 2.75) is 116 Å². The molecular weight excluding hydrogens is 542 g/mol. The second-order valence-corrected chi connectivity index (χ2v) is 13.8. The lowest BCUT2D eigenvalue weighted by Crippen LogP contribution is -2.61. The van der Waals surface area contributed by atoms with Crippen LogP contribution in [0.3, 0.4) is 0 Å². The Hall–Kier alpha value is -2.78. The standard InChI is InChI=1S/C35H49N3O5/c1-22-31(20-38-29-9-7-6-8-25(29)16-19-30(38)33(41)37-35(3,4)5)42-34(27-14-17-28(18-15-27)36-23(2)40)43-32(22)26-12-10-24(21-39)11-13-26/h10-15,17-18,22,25,29-32,34,39H,6-9,16,19-21H2,1-5H3,(H,36,40)(H,37,41). The first-order chi connectivity index (χ1) is 20.5. The molecule has 2 amide bonds. The molecule has 2 heterocycles. The highest BCUT2D eigenvalue weighted by Crippen LogP contribution is 2.44. The highest BCUT2D eigenvalue weighted by Gasteiger charge is 2.46. The number of carbonyl (C=O) groups excluding carboxylic acids is 2. The zero-order valence-electron chi connectivity index (χ0n) is 26.3. The van der Waals surface area contributed by atoms with Crippen LogP contribution < -0.4 is 10.6 Å². The number of nitrogens with zero attached hydrogens (tertiary/aromatic N) is 1. The van der Waals surface area contributed by atoms with Crippen LogP contribution >= 0.6 is 0 Å². The second-order valence-electron chi connectivity index (χ2n) is 13.8. The van der Waals surface area contributed by atoms with Gasteiger partial charge in [-0.3, -0.25) is 14.5 Å². The van der Waals surface area contributed by atoms with Crippen LogP contribution in [0.1, 0.15) is 102 Å². The quantitative estimate of drug-likeness (QED) is 0.373. The van der Waals surface area contributed by atoms with Gasteiger partial charge in [-0.25, -0.2) is 0 Å². The Labute approximate surface area is 256 Å². The van der Waals surface area contributed by atoms with Crippen molar-refractivity contribution in [2.24, 2.45) is 11.8 Å². The van der Waals surface area contributed by atoms with Gasteiger partial charge in [-0.15, -0.1) is 0 Å². The van der Waals surface area contributed by atoms with Crippen LogP contribution in [0.2, 0.25) is 0 Å². The maximum atomic E-state index is 13.7. The van der Waals surface area contributed by atoms with Gasteiger partial charge in [0.05, 0.1) is 24.9 Å². The molecule has 7 atom stereocenters. The molecule has 3 N–H and O–H groups in total. The van der Waals surface area contributed by atoms with Crippen LogP contribution in [0.4, 0.5) is 5.69 Å². The van der Waals surface area contributed by atoms with Crippen molar-refractivity contribution in [3.63, 3.8) is 0 Å². The van der Waals surface area contributed by atoms with Gasteiger partial charge in [0, 0.05) is 42.2 Å². The number of likely N-dealkylation sites (tertiary alicyclic amines) is 1. The molecule has 0 spiro atoms. The lowest BCUT2D eigenvalue weighted by Gasteiger charge is -2.51. The number of rotatable bonds is 7. The number of benzene rings is 2. The van der Waals surface area contributed by atoms with E-state index < -0.39 is 6.29 Å². The number of hydrogen-bond acceptors (Lipinski definition) is 6. The number of ether oxygens (including phenoxy) is 2. The van der Waals surface area contributed by atoms with Crippen LogP contribution in [-0.2, 0) is 25.7 Å². The zero-order valence-corrected chi connectivity index (χ0v) is 26.3. The van der Waals surface area contributed by atoms with Crippen molar-refractivity contribution >= 4 is 17.5 Å². The van der Waals surface area contributed by atoms with Gasteiger partial charge in [0.2, 0.25) is 11.8 Å². The van der Waals surface area contributed by atoms with Gasteiger partial charge in [0.25, 0.3) is 0 Å². The Balaban J connectivity index is 1.45. The summed E-state index contributed by atoms with van der Waals surface area (Å²) in [7, 11) is 0. The number of nitrogens with one attached hydrogen (secondary N) is 2. The van der Waals surface area contributed by atoms with Crippen LogP contribution in [-0.4, -0.2) is 52.1 Å². The van der Waals surface area contributed by atoms with Crippen molar-refractivity contribution in [2.75, 3.05) is 11.9 Å². The highest BCUT2D eigenvalue weighted by molar-refractivity contribution is 5.88. The summed E-state index contributed by atoms with van der Waals surface area (Å²) in [5.74, 6) is 0.620. The van der Waals surface area contributed by atoms with Crippen molar-refractivity contribution in [1.82, 2.24) is 10.2 Å². The van der Waals surface area contributed by atoms with Gasteiger partial charge < -0.3 is 25.2 Å². The molecule has 1 saturated carbocycles. The van der Waals surface area contributed by atoms with E-state index in [9.17, 15) is 14.7 Å². The third-order valence-corrected chi connectivity index (χ3v) is 9.32. The minimum atomic E-state index is -0.608. The van der Waals surface area contributed by atoms with Gasteiger partial charge in [0.1, 0.15) is 0 Å². The van der Waals surface area contributed by atoms with Gasteiger partial charge in [-0.2, -0.15) is 0 Å². The van der Waals surface area contributed by atoms with E-state index in [2.05, 4.69) is 22.5 Å². The average Bonchev–Trinajstić information content (AvgIpc) is 2.97. The zero-order chi connectivity index (χ0) is 30.7. The molecule has 2 aromatic rings. The first-order valence-electron chi connectivity index (χ1n) is 16.0. The monoisotopic (exact) mass is 591 g/mol. The molecule has 3 aliphatic rings. The SMILES string of the molecule is CC(=O)Nc1ccc(C2OC(CN3C(C(=O)NC(C)(C)C)CCC4CCCCC43)C(C)C(c3ccc(CO)cc3)O2)cc1. The lowest BCUT2D eigenvalue weighted by molar-refractivity contribution is -0.278. The van der Waals surface area contributed by atoms with Crippen LogP contribution in [0.15, 0.2) is 48.5 Å². The Morgan fingerprint density at radius 2 is 1.60 bits per heavy atom. The number of hydrogen-bond donors (Lipinski definition) is 3.